The molecule has 0 unspecified atom stereocenters. The number of imide groups is 1. The number of aromatic hydroxyl groups is 1. The number of hydrogen-bond donors (Lipinski definition) is 4. The number of ketones is 4. The van der Waals surface area contributed by atoms with Gasteiger partial charge in [0.2, 0.25) is 23.6 Å². The third kappa shape index (κ3) is 28.2. The van der Waals surface area contributed by atoms with E-state index in [0.717, 1.165) is 5.56 Å². The van der Waals surface area contributed by atoms with Gasteiger partial charge in [-0.3, -0.25) is 52.9 Å². The topological polar surface area (TPSA) is 341 Å². The second-order valence-electron chi connectivity index (χ2n) is 31.2. The Morgan fingerprint density at radius 2 is 1.41 bits per heavy atom. The van der Waals surface area contributed by atoms with Crippen LogP contribution in [0.3, 0.4) is 0 Å². The van der Waals surface area contributed by atoms with Crippen LogP contribution in [0.15, 0.2) is 77.8 Å². The summed E-state index contributed by atoms with van der Waals surface area (Å²) < 4.78 is 23.0. The number of rotatable bonds is 47. The summed E-state index contributed by atoms with van der Waals surface area (Å²) in [7, 11) is 9.13. The number of likely N-dealkylation sites (N-methyl/N-ethyl adjacent to an activating group) is 2. The van der Waals surface area contributed by atoms with Gasteiger partial charge in [-0.05, 0) is 105 Å². The average molecular weight is 1590 g/mol. The number of aliphatic imine (C=N–C) groups is 1. The van der Waals surface area contributed by atoms with E-state index < -0.39 is 88.7 Å². The molecule has 2 aliphatic rings. The second kappa shape index (κ2) is 45.0. The molecule has 12 atom stereocenters. The third-order valence-corrected chi connectivity index (χ3v) is 24.1. The summed E-state index contributed by atoms with van der Waals surface area (Å²) in [5.74, 6) is -6.94. The van der Waals surface area contributed by atoms with Crippen LogP contribution in [0, 0.1) is 47.3 Å². The number of aliphatic hydroxyl groups excluding tert-OH is 1. The molecule has 28 heteroatoms. The molecule has 5 rings (SSSR count). The van der Waals surface area contributed by atoms with Crippen LogP contribution in [0.5, 0.6) is 11.5 Å². The van der Waals surface area contributed by atoms with Gasteiger partial charge in [-0.15, -0.1) is 5.06 Å². The van der Waals surface area contributed by atoms with E-state index in [9.17, 15) is 67.7 Å². The minimum Gasteiger partial charge on any atom is -0.507 e. The summed E-state index contributed by atoms with van der Waals surface area (Å²) >= 11 is 0. The van der Waals surface area contributed by atoms with Crippen LogP contribution in [0.4, 0.5) is 10.5 Å². The molecule has 2 aliphatic heterocycles. The minimum absolute atomic E-state index is 0.00236. The number of benzene rings is 3. The lowest BCUT2D eigenvalue weighted by Gasteiger charge is -2.41. The molecule has 26 nitrogen and oxygen atoms in total. The largest absolute Gasteiger partial charge is 0.507 e. The predicted octanol–water partition coefficient (Wildman–Crippen LogP) is 11.9. The lowest BCUT2D eigenvalue weighted by atomic mass is 9.83. The van der Waals surface area contributed by atoms with Gasteiger partial charge in [-0.1, -0.05) is 147 Å². The van der Waals surface area contributed by atoms with Crippen molar-refractivity contribution in [3.8, 4) is 11.5 Å². The number of ether oxygens (including phenoxy) is 4. The monoisotopic (exact) mass is 1580 g/mol. The van der Waals surface area contributed by atoms with Crippen LogP contribution >= 0.6 is 21.6 Å². The van der Waals surface area contributed by atoms with Crippen LogP contribution in [-0.2, 0) is 78.4 Å². The number of carbonyl (C=O) groups is 12. The predicted molar refractivity (Wildman–Crippen MR) is 427 cm³/mol. The van der Waals surface area contributed by atoms with E-state index in [-0.39, 0.29) is 166 Å². The van der Waals surface area contributed by atoms with Crippen LogP contribution in [-0.4, -0.2) is 201 Å². The number of hydroxylamine groups is 2. The standard InChI is InChI=1S/C83H121N7O19S2/c1-19-52(8)77(69(105-17)45-73(99)89-38-23-27-64(89)79(106-18)55(11)65(92)41-53(9)78(101)58-25-21-20-22-26-58)87(15)81(103)63(49(2)3)44-68(95)76(51(6)7)88(16)82(104)108-48-57-29-31-59(32-30-57)85-80(102)54(10)42-67(94)75(50(4)5)86-70(96)37-40-110-111-83(13,14)46-60(91)47-84-56(12)62-34-33-61(43-66(62)93)107-39-24-28-74(100)109-90-71(97)35-36-72(90)98/h20-22,25-26,29-34,43,49-55,63-64,69,75-79,93,101H,19,23-24,27-28,35-42,44-48H2,1-18H3,(H,85,102)(H,86,96)/t52-,53-,54+,55-,63-,64-,69+,75-,76-,77-,78+,79+/m0/s1. The Morgan fingerprint density at radius 3 is 2.01 bits per heavy atom. The highest BCUT2D eigenvalue weighted by molar-refractivity contribution is 8.77. The number of Topliss-reactive ketones (excluding diaryl/α,β-unsaturated/α-hetero) is 4. The van der Waals surface area contributed by atoms with E-state index in [1.54, 1.807) is 74.2 Å². The molecule has 2 saturated heterocycles. The molecule has 0 bridgehead atoms. The number of nitrogens with one attached hydrogen (secondary N) is 2. The van der Waals surface area contributed by atoms with Gasteiger partial charge >= 0.3 is 12.1 Å². The highest BCUT2D eigenvalue weighted by Crippen LogP contribution is 2.39. The zero-order chi connectivity index (χ0) is 82.7. The molecule has 3 aromatic carbocycles. The van der Waals surface area contributed by atoms with E-state index in [0.29, 0.717) is 64.9 Å². The number of nitrogens with zero attached hydrogens (tertiary/aromatic N) is 5. The van der Waals surface area contributed by atoms with E-state index >= 15 is 0 Å². The number of carbonyl (C=O) groups excluding carboxylic acids is 12. The van der Waals surface area contributed by atoms with Crippen molar-refractivity contribution >= 4 is 104 Å². The molecule has 7 amide bonds. The highest BCUT2D eigenvalue weighted by atomic mass is 33.1. The van der Waals surface area contributed by atoms with E-state index in [1.807, 2.05) is 113 Å². The Bertz CT molecular complexity index is 3670. The van der Waals surface area contributed by atoms with Crippen molar-refractivity contribution in [2.45, 2.75) is 234 Å². The number of methoxy groups -OCH3 is 2. The zero-order valence-electron chi connectivity index (χ0n) is 68.2. The van der Waals surface area contributed by atoms with Crippen molar-refractivity contribution in [2.75, 3.05) is 59.1 Å². The molecular formula is C83H121N7O19S2. The quantitative estimate of drug-likeness (QED) is 0.0177. The average Bonchev–Trinajstić information content (AvgIpc) is 1.79. The highest BCUT2D eigenvalue weighted by Gasteiger charge is 2.45. The van der Waals surface area contributed by atoms with E-state index in [2.05, 4.69) is 15.6 Å². The van der Waals surface area contributed by atoms with Crippen molar-refractivity contribution in [1.82, 2.24) is 25.1 Å². The van der Waals surface area contributed by atoms with Gasteiger partial charge in [0.05, 0.1) is 68.5 Å². The van der Waals surface area contributed by atoms with Crippen LogP contribution in [0.25, 0.3) is 0 Å². The Balaban J connectivity index is 1.05. The molecule has 0 aromatic heterocycles. The van der Waals surface area contributed by atoms with Gasteiger partial charge in [0.1, 0.15) is 23.9 Å². The summed E-state index contributed by atoms with van der Waals surface area (Å²) in [6.07, 6.45) is -0.796. The SMILES string of the molecule is CC[C@H](C)[C@@H]([C@@H](CC(=O)N1CCC[C@H]1[C@H](OC)[C@@H](C)C(=O)C[C@H](C)[C@@H](O)c1ccccc1)OC)N(C)C(=O)[C@@H](CC(=O)[C@H](C(C)C)N(C)C(=O)OCc1ccc(NC(=O)[C@H](C)CC(=O)[C@@H](NC(=O)CCSSC(C)(C)CC(=O)CN=C(C)c2ccc(OCCCC(=O)ON3C(=O)CCC3=O)cc2O)C(C)C)cc1)C(C)C. The van der Waals surface area contributed by atoms with Crippen molar-refractivity contribution in [1.29, 1.82) is 0 Å². The summed E-state index contributed by atoms with van der Waals surface area (Å²) in [6, 6.07) is 17.7. The molecule has 111 heavy (non-hydrogen) atoms. The molecule has 0 aliphatic carbocycles. The normalized spacial score (nSPS) is 17.1. The van der Waals surface area contributed by atoms with Gasteiger partial charge in [0.25, 0.3) is 11.8 Å². The van der Waals surface area contributed by atoms with Gasteiger partial charge in [0, 0.05) is 131 Å². The number of anilines is 1. The first-order valence-corrected chi connectivity index (χ1v) is 41.0. The first kappa shape index (κ1) is 93.5. The molecule has 4 N–H and O–H groups in total. The molecule has 0 radical (unpaired) electrons. The number of hydrogen-bond acceptors (Lipinski definition) is 22. The summed E-state index contributed by atoms with van der Waals surface area (Å²) in [6.45, 7) is 26.0. The van der Waals surface area contributed by atoms with Crippen molar-refractivity contribution in [2.24, 2.45) is 52.3 Å². The number of aliphatic hydroxyl groups is 1. The fourth-order valence-electron chi connectivity index (χ4n) is 14.2. The summed E-state index contributed by atoms with van der Waals surface area (Å²) in [4.78, 5) is 174. The maximum Gasteiger partial charge on any atom is 0.410 e. The number of likely N-dealkylation sites (tertiary alicyclic amines) is 1. The number of phenolic OH excluding ortho intramolecular Hbond substituents is 1. The zero-order valence-corrected chi connectivity index (χ0v) is 69.8. The molecule has 0 saturated carbocycles. The third-order valence-electron chi connectivity index (χ3n) is 20.8. The molecule has 614 valence electrons. The van der Waals surface area contributed by atoms with Gasteiger partial charge in [0.15, 0.2) is 17.3 Å². The molecule has 0 spiro atoms. The fraction of sp³-hybridized carbons (Fsp3) is 0.627. The molecule has 2 fully saturated rings. The Hall–Kier alpha value is -8.05. The van der Waals surface area contributed by atoms with Crippen LogP contribution in [0.1, 0.15) is 203 Å². The maximum atomic E-state index is 14.9. The molecule has 3 aromatic rings. The smallest absolute Gasteiger partial charge is 0.410 e. The lowest BCUT2D eigenvalue weighted by molar-refractivity contribution is -0.197. The first-order valence-electron chi connectivity index (χ1n) is 38.7. The first-order chi connectivity index (χ1) is 52.3. The summed E-state index contributed by atoms with van der Waals surface area (Å²) in [5.41, 5.74) is 2.57. The summed E-state index contributed by atoms with van der Waals surface area (Å²) in [5, 5.41) is 28.0. The maximum absolute atomic E-state index is 14.9. The van der Waals surface area contributed by atoms with E-state index in [1.165, 1.54) is 46.7 Å². The van der Waals surface area contributed by atoms with Gasteiger partial charge in [-0.25, -0.2) is 9.59 Å². The van der Waals surface area contributed by atoms with Crippen molar-refractivity contribution in [3.05, 3.63) is 89.5 Å². The molecular weight excluding hydrogens is 1460 g/mol. The second-order valence-corrected chi connectivity index (χ2v) is 34.3. The number of phenols is 1. The van der Waals surface area contributed by atoms with Crippen LogP contribution in [0.2, 0.25) is 0 Å². The van der Waals surface area contributed by atoms with Gasteiger partial charge < -0.3 is 59.3 Å². The molecule has 2 heterocycles. The van der Waals surface area contributed by atoms with Crippen molar-refractivity contribution < 1.29 is 91.5 Å². The van der Waals surface area contributed by atoms with Gasteiger partial charge in [-0.2, -0.15) is 0 Å². The van der Waals surface area contributed by atoms with Crippen molar-refractivity contribution in [3.63, 3.8) is 0 Å². The number of amides is 7. The lowest BCUT2D eigenvalue weighted by Crippen LogP contribution is -2.54. The Labute approximate surface area is 663 Å². The van der Waals surface area contributed by atoms with Crippen LogP contribution < -0.4 is 15.4 Å². The Morgan fingerprint density at radius 1 is 0.757 bits per heavy atom. The Kier molecular flexibility index (Phi) is 37.9. The fourth-order valence-corrected chi connectivity index (χ4v) is 16.7. The minimum atomic E-state index is -0.956. The van der Waals surface area contributed by atoms with E-state index in [4.69, 9.17) is 23.8 Å².